The number of amides is 2. The van der Waals surface area contributed by atoms with Crippen LogP contribution in [0.5, 0.6) is 0 Å². The Labute approximate surface area is 92.0 Å². The van der Waals surface area contributed by atoms with E-state index in [9.17, 15) is 4.79 Å². The van der Waals surface area contributed by atoms with Gasteiger partial charge in [0.25, 0.3) is 0 Å². The van der Waals surface area contributed by atoms with Gasteiger partial charge in [0.2, 0.25) is 0 Å². The summed E-state index contributed by atoms with van der Waals surface area (Å²) in [6.45, 7) is 5.24. The van der Waals surface area contributed by atoms with Gasteiger partial charge >= 0.3 is 6.03 Å². The van der Waals surface area contributed by atoms with Crippen LogP contribution in [0.1, 0.15) is 33.1 Å². The second-order valence-electron chi connectivity index (χ2n) is 4.42. The molecule has 1 aliphatic carbocycles. The van der Waals surface area contributed by atoms with Crippen LogP contribution in [0.25, 0.3) is 0 Å². The maximum atomic E-state index is 11.6. The molecule has 0 atom stereocenters. The number of hydrogen-bond donors (Lipinski definition) is 1. The summed E-state index contributed by atoms with van der Waals surface area (Å²) >= 11 is 0. The Morgan fingerprint density at radius 1 is 1.53 bits per heavy atom. The summed E-state index contributed by atoms with van der Waals surface area (Å²) in [4.78, 5) is 13.3. The molecule has 1 N–H and O–H groups in total. The first-order valence-electron chi connectivity index (χ1n) is 5.73. The molecule has 0 heterocycles. The highest BCUT2D eigenvalue weighted by molar-refractivity contribution is 5.74. The van der Waals surface area contributed by atoms with Gasteiger partial charge in [-0.1, -0.05) is 0 Å². The summed E-state index contributed by atoms with van der Waals surface area (Å²) in [6.07, 6.45) is 3.73. The molecule has 1 saturated carbocycles. The van der Waals surface area contributed by atoms with Gasteiger partial charge in [0.1, 0.15) is 0 Å². The van der Waals surface area contributed by atoms with Crippen molar-refractivity contribution in [3.8, 4) is 0 Å². The van der Waals surface area contributed by atoms with Gasteiger partial charge in [-0.3, -0.25) is 0 Å². The molecule has 4 nitrogen and oxygen atoms in total. The van der Waals surface area contributed by atoms with Gasteiger partial charge in [-0.25, -0.2) is 4.79 Å². The summed E-state index contributed by atoms with van der Waals surface area (Å²) in [7, 11) is 1.80. The molecule has 88 valence electrons. The quantitative estimate of drug-likeness (QED) is 0.755. The molecular formula is C11H22N2O2. The Balaban J connectivity index is 2.09. The molecule has 0 aliphatic heterocycles. The van der Waals surface area contributed by atoms with E-state index in [1.54, 1.807) is 11.9 Å². The van der Waals surface area contributed by atoms with Crippen LogP contribution in [-0.2, 0) is 4.74 Å². The van der Waals surface area contributed by atoms with Crippen molar-refractivity contribution in [1.82, 2.24) is 10.2 Å². The van der Waals surface area contributed by atoms with E-state index in [1.165, 1.54) is 6.42 Å². The lowest BCUT2D eigenvalue weighted by Crippen LogP contribution is -2.46. The van der Waals surface area contributed by atoms with E-state index in [0.717, 1.165) is 12.8 Å². The molecule has 15 heavy (non-hydrogen) atoms. The first-order chi connectivity index (χ1) is 7.09. The molecule has 0 spiro atoms. The van der Waals surface area contributed by atoms with Crippen molar-refractivity contribution in [2.24, 2.45) is 0 Å². The van der Waals surface area contributed by atoms with E-state index >= 15 is 0 Å². The van der Waals surface area contributed by atoms with Gasteiger partial charge in [-0.05, 0) is 33.1 Å². The average molecular weight is 214 g/mol. The molecule has 1 rings (SSSR count). The molecule has 0 aromatic heterocycles. The predicted molar refractivity (Wildman–Crippen MR) is 59.9 cm³/mol. The first kappa shape index (κ1) is 12.3. The van der Waals surface area contributed by atoms with Crippen LogP contribution < -0.4 is 5.32 Å². The topological polar surface area (TPSA) is 41.6 Å². The van der Waals surface area contributed by atoms with Gasteiger partial charge < -0.3 is 15.0 Å². The van der Waals surface area contributed by atoms with Crippen molar-refractivity contribution in [3.63, 3.8) is 0 Å². The Hall–Kier alpha value is -0.770. The largest absolute Gasteiger partial charge is 0.377 e. The summed E-state index contributed by atoms with van der Waals surface area (Å²) in [5.74, 6) is 0. The van der Waals surface area contributed by atoms with Gasteiger partial charge in [0.05, 0.1) is 12.7 Å². The number of rotatable bonds is 5. The van der Waals surface area contributed by atoms with E-state index in [0.29, 0.717) is 19.2 Å². The molecule has 4 heteroatoms. The van der Waals surface area contributed by atoms with Gasteiger partial charge in [-0.15, -0.1) is 0 Å². The number of nitrogens with zero attached hydrogens (tertiary/aromatic N) is 1. The lowest BCUT2D eigenvalue weighted by atomic mass is 9.93. The number of nitrogens with one attached hydrogen (secondary N) is 1. The van der Waals surface area contributed by atoms with Gasteiger partial charge in [0, 0.05) is 19.6 Å². The minimum absolute atomic E-state index is 0.0204. The van der Waals surface area contributed by atoms with Crippen LogP contribution in [-0.4, -0.2) is 43.3 Å². The fourth-order valence-corrected chi connectivity index (χ4v) is 1.36. The molecule has 0 saturated heterocycles. The average Bonchev–Trinajstić information content (AvgIpc) is 2.10. The summed E-state index contributed by atoms with van der Waals surface area (Å²) in [6, 6.07) is 0.429. The number of likely N-dealkylation sites (N-methyl/N-ethyl adjacent to an activating group) is 1. The van der Waals surface area contributed by atoms with E-state index in [1.807, 2.05) is 13.8 Å². The minimum atomic E-state index is 0.0204. The van der Waals surface area contributed by atoms with Crippen LogP contribution in [0.15, 0.2) is 0 Å². The van der Waals surface area contributed by atoms with E-state index in [2.05, 4.69) is 5.32 Å². The van der Waals surface area contributed by atoms with Crippen LogP contribution in [0.2, 0.25) is 0 Å². The van der Waals surface area contributed by atoms with Crippen LogP contribution >= 0.6 is 0 Å². The Bertz CT molecular complexity index is 203. The summed E-state index contributed by atoms with van der Waals surface area (Å²) in [5, 5.41) is 2.99. The highest BCUT2D eigenvalue weighted by Gasteiger charge is 2.20. The minimum Gasteiger partial charge on any atom is -0.377 e. The smallest absolute Gasteiger partial charge is 0.317 e. The van der Waals surface area contributed by atoms with Crippen molar-refractivity contribution in [3.05, 3.63) is 0 Å². The van der Waals surface area contributed by atoms with E-state index in [-0.39, 0.29) is 12.1 Å². The fraction of sp³-hybridized carbons (Fsp3) is 0.909. The molecule has 2 amide bonds. The lowest BCUT2D eigenvalue weighted by Gasteiger charge is -2.29. The maximum Gasteiger partial charge on any atom is 0.317 e. The van der Waals surface area contributed by atoms with Crippen molar-refractivity contribution in [2.75, 3.05) is 20.2 Å². The van der Waals surface area contributed by atoms with Crippen LogP contribution in [0.3, 0.4) is 0 Å². The third-order valence-electron chi connectivity index (χ3n) is 2.66. The molecule has 0 radical (unpaired) electrons. The highest BCUT2D eigenvalue weighted by atomic mass is 16.5. The predicted octanol–water partition coefficient (Wildman–Crippen LogP) is 1.61. The normalized spacial score (nSPS) is 16.3. The Morgan fingerprint density at radius 3 is 2.67 bits per heavy atom. The Morgan fingerprint density at radius 2 is 2.20 bits per heavy atom. The standard InChI is InChI=1S/C11H22N2O2/c1-9(2)15-8-7-13(3)11(14)12-10-5-4-6-10/h9-10H,4-8H2,1-3H3,(H,12,14). The summed E-state index contributed by atoms with van der Waals surface area (Å²) < 4.78 is 5.39. The second kappa shape index (κ2) is 5.95. The second-order valence-corrected chi connectivity index (χ2v) is 4.42. The third-order valence-corrected chi connectivity index (χ3v) is 2.66. The van der Waals surface area contributed by atoms with Crippen molar-refractivity contribution in [2.45, 2.75) is 45.3 Å². The van der Waals surface area contributed by atoms with Crippen molar-refractivity contribution >= 4 is 6.03 Å². The third kappa shape index (κ3) is 4.51. The number of hydrogen-bond acceptors (Lipinski definition) is 2. The van der Waals surface area contributed by atoms with E-state index < -0.39 is 0 Å². The molecular weight excluding hydrogens is 192 g/mol. The zero-order valence-electron chi connectivity index (χ0n) is 9.95. The van der Waals surface area contributed by atoms with E-state index in [4.69, 9.17) is 4.74 Å². The highest BCUT2D eigenvalue weighted by Crippen LogP contribution is 2.17. The number of carbonyl (C=O) groups excluding carboxylic acids is 1. The molecule has 0 aromatic rings. The van der Waals surface area contributed by atoms with Crippen molar-refractivity contribution < 1.29 is 9.53 Å². The molecule has 0 bridgehead atoms. The van der Waals surface area contributed by atoms with Gasteiger partial charge in [0.15, 0.2) is 0 Å². The molecule has 1 aliphatic rings. The number of urea groups is 1. The summed E-state index contributed by atoms with van der Waals surface area (Å²) in [5.41, 5.74) is 0. The lowest BCUT2D eigenvalue weighted by molar-refractivity contribution is 0.0675. The zero-order chi connectivity index (χ0) is 11.3. The number of ether oxygens (including phenoxy) is 1. The van der Waals surface area contributed by atoms with Gasteiger partial charge in [-0.2, -0.15) is 0 Å². The molecule has 0 aromatic carbocycles. The Kier molecular flexibility index (Phi) is 4.88. The maximum absolute atomic E-state index is 11.6. The molecule has 1 fully saturated rings. The monoisotopic (exact) mass is 214 g/mol. The number of carbonyl (C=O) groups is 1. The van der Waals surface area contributed by atoms with Crippen LogP contribution in [0.4, 0.5) is 4.79 Å². The van der Waals surface area contributed by atoms with Crippen molar-refractivity contribution in [1.29, 1.82) is 0 Å². The SMILES string of the molecule is CC(C)OCCN(C)C(=O)NC1CCC1. The zero-order valence-corrected chi connectivity index (χ0v) is 9.95. The molecule has 0 unspecified atom stereocenters. The first-order valence-corrected chi connectivity index (χ1v) is 5.73. The fourth-order valence-electron chi connectivity index (χ4n) is 1.36. The van der Waals surface area contributed by atoms with Crippen LogP contribution in [0, 0.1) is 0 Å².